The Labute approximate surface area is 106 Å². The Morgan fingerprint density at radius 1 is 1.22 bits per heavy atom. The van der Waals surface area contributed by atoms with E-state index in [4.69, 9.17) is 10.3 Å². The summed E-state index contributed by atoms with van der Waals surface area (Å²) in [4.78, 5) is 2.47. The van der Waals surface area contributed by atoms with E-state index in [1.165, 1.54) is 31.5 Å². The van der Waals surface area contributed by atoms with Gasteiger partial charge in [-0.2, -0.15) is 0 Å². The lowest BCUT2D eigenvalue weighted by molar-refractivity contribution is 0.331. The summed E-state index contributed by atoms with van der Waals surface area (Å²) in [6, 6.07) is 10.1. The van der Waals surface area contributed by atoms with Gasteiger partial charge in [0.05, 0.1) is 0 Å². The van der Waals surface area contributed by atoms with Gasteiger partial charge in [0.1, 0.15) is 0 Å². The zero-order chi connectivity index (χ0) is 12.4. The smallest absolute Gasteiger partial charge is 0.169 e. The molecule has 0 amide bonds. The molecule has 0 unspecified atom stereocenters. The van der Waals surface area contributed by atoms with Crippen molar-refractivity contribution in [1.29, 1.82) is 0 Å². The molecule has 0 bridgehead atoms. The fourth-order valence-electron chi connectivity index (χ4n) is 2.50. The van der Waals surface area contributed by atoms with Crippen molar-refractivity contribution in [3.05, 3.63) is 35.9 Å². The highest BCUT2D eigenvalue weighted by Gasteiger charge is 2.15. The van der Waals surface area contributed by atoms with E-state index in [-0.39, 0.29) is 0 Å². The fourth-order valence-corrected chi connectivity index (χ4v) is 2.50. The van der Waals surface area contributed by atoms with Gasteiger partial charge in [-0.3, -0.25) is 4.90 Å². The van der Waals surface area contributed by atoms with E-state index in [2.05, 4.69) is 28.3 Å². The predicted octanol–water partition coefficient (Wildman–Crippen LogP) is 2.52. The maximum absolute atomic E-state index is 5.61. The van der Waals surface area contributed by atoms with Gasteiger partial charge in [-0.05, 0) is 31.5 Å². The standard InChI is InChI=1S/C14H17N3O/c15-14-9-13(18-16-14)12-6-2-1-5-11(12)10-17-7-3-4-8-17/h1-2,5-6,9H,3-4,7-8,10H2,(H2,15,16). The van der Waals surface area contributed by atoms with Gasteiger partial charge >= 0.3 is 0 Å². The van der Waals surface area contributed by atoms with Gasteiger partial charge in [0, 0.05) is 18.2 Å². The highest BCUT2D eigenvalue weighted by Crippen LogP contribution is 2.26. The van der Waals surface area contributed by atoms with Crippen LogP contribution in [0.2, 0.25) is 0 Å². The fraction of sp³-hybridized carbons (Fsp3) is 0.357. The Morgan fingerprint density at radius 2 is 2.00 bits per heavy atom. The van der Waals surface area contributed by atoms with Crippen molar-refractivity contribution in [3.63, 3.8) is 0 Å². The molecule has 0 atom stereocenters. The quantitative estimate of drug-likeness (QED) is 0.900. The molecule has 1 aromatic heterocycles. The molecule has 4 nitrogen and oxygen atoms in total. The molecule has 0 saturated carbocycles. The molecule has 1 aromatic carbocycles. The topological polar surface area (TPSA) is 55.3 Å². The molecule has 1 fully saturated rings. The summed E-state index contributed by atoms with van der Waals surface area (Å²) in [5.41, 5.74) is 7.98. The molecular formula is C14H17N3O. The molecule has 0 radical (unpaired) electrons. The van der Waals surface area contributed by atoms with Crippen LogP contribution in [-0.2, 0) is 6.54 Å². The number of hydrogen-bond acceptors (Lipinski definition) is 4. The predicted molar refractivity (Wildman–Crippen MR) is 70.9 cm³/mol. The molecule has 3 rings (SSSR count). The van der Waals surface area contributed by atoms with Crippen LogP contribution in [0.3, 0.4) is 0 Å². The molecule has 94 valence electrons. The summed E-state index contributed by atoms with van der Waals surface area (Å²) in [5.74, 6) is 1.18. The van der Waals surface area contributed by atoms with Crippen molar-refractivity contribution < 1.29 is 4.52 Å². The second-order valence-corrected chi connectivity index (χ2v) is 4.76. The normalized spacial score (nSPS) is 16.2. The van der Waals surface area contributed by atoms with Gasteiger partial charge in [-0.1, -0.05) is 29.4 Å². The third kappa shape index (κ3) is 2.24. The van der Waals surface area contributed by atoms with Crippen LogP contribution in [0.15, 0.2) is 34.9 Å². The number of rotatable bonds is 3. The van der Waals surface area contributed by atoms with E-state index in [1.807, 2.05) is 6.07 Å². The van der Waals surface area contributed by atoms with Crippen LogP contribution in [0.1, 0.15) is 18.4 Å². The van der Waals surface area contributed by atoms with E-state index in [0.717, 1.165) is 17.9 Å². The number of anilines is 1. The second kappa shape index (κ2) is 4.82. The minimum atomic E-state index is 0.431. The SMILES string of the molecule is Nc1cc(-c2ccccc2CN2CCCC2)on1. The van der Waals surface area contributed by atoms with Crippen LogP contribution in [0.5, 0.6) is 0 Å². The maximum atomic E-state index is 5.61. The highest BCUT2D eigenvalue weighted by atomic mass is 16.5. The third-order valence-electron chi connectivity index (χ3n) is 3.40. The average molecular weight is 243 g/mol. The molecule has 0 aliphatic carbocycles. The van der Waals surface area contributed by atoms with Crippen LogP contribution in [0.4, 0.5) is 5.82 Å². The third-order valence-corrected chi connectivity index (χ3v) is 3.40. The van der Waals surface area contributed by atoms with Gasteiger partial charge in [-0.25, -0.2) is 0 Å². The molecule has 2 aromatic rings. The zero-order valence-electron chi connectivity index (χ0n) is 10.3. The summed E-state index contributed by atoms with van der Waals surface area (Å²) >= 11 is 0. The van der Waals surface area contributed by atoms with Crippen LogP contribution in [0.25, 0.3) is 11.3 Å². The van der Waals surface area contributed by atoms with Crippen molar-refractivity contribution >= 4 is 5.82 Å². The van der Waals surface area contributed by atoms with Crippen LogP contribution >= 0.6 is 0 Å². The van der Waals surface area contributed by atoms with Crippen molar-refractivity contribution in [1.82, 2.24) is 10.1 Å². The number of hydrogen-bond donors (Lipinski definition) is 1. The number of likely N-dealkylation sites (tertiary alicyclic amines) is 1. The Bertz CT molecular complexity index is 529. The lowest BCUT2D eigenvalue weighted by Crippen LogP contribution is -2.18. The van der Waals surface area contributed by atoms with E-state index < -0.39 is 0 Å². The Morgan fingerprint density at radius 3 is 2.72 bits per heavy atom. The Hall–Kier alpha value is -1.81. The van der Waals surface area contributed by atoms with Crippen molar-refractivity contribution in [2.45, 2.75) is 19.4 Å². The maximum Gasteiger partial charge on any atom is 0.169 e. The molecule has 2 heterocycles. The summed E-state index contributed by atoms with van der Waals surface area (Å²) < 4.78 is 5.26. The van der Waals surface area contributed by atoms with E-state index in [0.29, 0.717) is 5.82 Å². The first-order valence-corrected chi connectivity index (χ1v) is 6.36. The van der Waals surface area contributed by atoms with Gasteiger partial charge < -0.3 is 10.3 Å². The number of nitrogens with two attached hydrogens (primary N) is 1. The molecular weight excluding hydrogens is 226 g/mol. The molecule has 0 spiro atoms. The monoisotopic (exact) mass is 243 g/mol. The Kier molecular flexibility index (Phi) is 3.02. The molecule has 4 heteroatoms. The summed E-state index contributed by atoms with van der Waals surface area (Å²) in [5, 5.41) is 3.76. The lowest BCUT2D eigenvalue weighted by atomic mass is 10.0. The van der Waals surface area contributed by atoms with Crippen LogP contribution in [0, 0.1) is 0 Å². The summed E-state index contributed by atoms with van der Waals surface area (Å²) in [7, 11) is 0. The van der Waals surface area contributed by atoms with Crippen molar-refractivity contribution in [3.8, 4) is 11.3 Å². The first-order valence-electron chi connectivity index (χ1n) is 6.36. The molecule has 1 aliphatic heterocycles. The minimum absolute atomic E-state index is 0.431. The number of benzene rings is 1. The number of aromatic nitrogens is 1. The number of nitrogens with zero attached hydrogens (tertiary/aromatic N) is 2. The van der Waals surface area contributed by atoms with E-state index in [1.54, 1.807) is 6.07 Å². The van der Waals surface area contributed by atoms with E-state index in [9.17, 15) is 0 Å². The minimum Gasteiger partial charge on any atom is -0.381 e. The van der Waals surface area contributed by atoms with Crippen molar-refractivity contribution in [2.75, 3.05) is 18.8 Å². The van der Waals surface area contributed by atoms with Crippen LogP contribution < -0.4 is 5.73 Å². The summed E-state index contributed by atoms with van der Waals surface area (Å²) in [6.45, 7) is 3.34. The zero-order valence-corrected chi connectivity index (χ0v) is 10.3. The number of nitrogen functional groups attached to an aromatic ring is 1. The Balaban J connectivity index is 1.89. The van der Waals surface area contributed by atoms with Crippen LogP contribution in [-0.4, -0.2) is 23.1 Å². The first-order chi connectivity index (χ1) is 8.83. The largest absolute Gasteiger partial charge is 0.381 e. The van der Waals surface area contributed by atoms with Gasteiger partial charge in [-0.15, -0.1) is 0 Å². The van der Waals surface area contributed by atoms with Gasteiger partial charge in [0.2, 0.25) is 0 Å². The van der Waals surface area contributed by atoms with Gasteiger partial charge in [0.25, 0.3) is 0 Å². The molecule has 1 saturated heterocycles. The molecule has 1 aliphatic rings. The molecule has 18 heavy (non-hydrogen) atoms. The second-order valence-electron chi connectivity index (χ2n) is 4.76. The van der Waals surface area contributed by atoms with Gasteiger partial charge in [0.15, 0.2) is 11.6 Å². The first kappa shape index (κ1) is 11.3. The van der Waals surface area contributed by atoms with Crippen molar-refractivity contribution in [2.24, 2.45) is 0 Å². The average Bonchev–Trinajstić information content (AvgIpc) is 3.02. The highest BCUT2D eigenvalue weighted by molar-refractivity contribution is 5.64. The lowest BCUT2D eigenvalue weighted by Gasteiger charge is -2.16. The van der Waals surface area contributed by atoms with E-state index >= 15 is 0 Å². The summed E-state index contributed by atoms with van der Waals surface area (Å²) in [6.07, 6.45) is 2.61. The molecule has 2 N–H and O–H groups in total.